The Labute approximate surface area is 98.6 Å². The van der Waals surface area contributed by atoms with Crippen molar-refractivity contribution in [1.82, 2.24) is 19.8 Å². The first-order chi connectivity index (χ1) is 8.06. The second-order valence-electron chi connectivity index (χ2n) is 3.81. The summed E-state index contributed by atoms with van der Waals surface area (Å²) in [5.41, 5.74) is 3.47. The van der Waals surface area contributed by atoms with Crippen molar-refractivity contribution in [3.63, 3.8) is 0 Å². The van der Waals surface area contributed by atoms with Gasteiger partial charge >= 0.3 is 5.97 Å². The minimum absolute atomic E-state index is 0.119. The van der Waals surface area contributed by atoms with Crippen LogP contribution in [-0.4, -0.2) is 32.4 Å². The molecule has 0 saturated heterocycles. The maximum Gasteiger partial charge on any atom is 0.378 e. The monoisotopic (exact) mass is 234 g/mol. The molecular formula is C11H14N4O2. The Hall–Kier alpha value is -1.98. The van der Waals surface area contributed by atoms with E-state index in [1.54, 1.807) is 6.92 Å². The van der Waals surface area contributed by atoms with Gasteiger partial charge in [-0.2, -0.15) is 9.61 Å². The van der Waals surface area contributed by atoms with Gasteiger partial charge in [0.05, 0.1) is 12.3 Å². The standard InChI is InChI=1S/C11H14N4O2/c1-5-17-11(16)10-13-12-9-7(3)6(2)8(4)14-15(9)10/h5H2,1-4H3. The number of nitrogens with zero attached hydrogens (tertiary/aromatic N) is 4. The van der Waals surface area contributed by atoms with Crippen molar-refractivity contribution in [1.29, 1.82) is 0 Å². The minimum Gasteiger partial charge on any atom is -0.460 e. The molecule has 90 valence electrons. The largest absolute Gasteiger partial charge is 0.460 e. The summed E-state index contributed by atoms with van der Waals surface area (Å²) in [6.07, 6.45) is 0. The van der Waals surface area contributed by atoms with Crippen LogP contribution < -0.4 is 0 Å². The number of aromatic nitrogens is 4. The Kier molecular flexibility index (Phi) is 2.79. The van der Waals surface area contributed by atoms with Gasteiger partial charge in [0.15, 0.2) is 5.65 Å². The summed E-state index contributed by atoms with van der Waals surface area (Å²) in [5, 5.41) is 12.1. The molecule has 0 atom stereocenters. The van der Waals surface area contributed by atoms with Gasteiger partial charge in [0, 0.05) is 5.56 Å². The SMILES string of the molecule is CCOC(=O)c1nnc2c(C)c(C)c(C)nn12. The molecule has 0 aliphatic rings. The quantitative estimate of drug-likeness (QED) is 0.731. The maximum absolute atomic E-state index is 11.6. The van der Waals surface area contributed by atoms with Gasteiger partial charge in [-0.05, 0) is 33.3 Å². The first kappa shape index (κ1) is 11.5. The van der Waals surface area contributed by atoms with Crippen LogP contribution in [0.25, 0.3) is 5.65 Å². The zero-order chi connectivity index (χ0) is 12.6. The fourth-order valence-corrected chi connectivity index (χ4v) is 1.60. The predicted octanol–water partition coefficient (Wildman–Crippen LogP) is 1.23. The summed E-state index contributed by atoms with van der Waals surface area (Å²) in [6.45, 7) is 7.84. The van der Waals surface area contributed by atoms with E-state index in [2.05, 4.69) is 15.3 Å². The van der Waals surface area contributed by atoms with Crippen LogP contribution in [0.2, 0.25) is 0 Å². The Morgan fingerprint density at radius 3 is 2.59 bits per heavy atom. The second kappa shape index (κ2) is 4.12. The molecule has 2 rings (SSSR count). The van der Waals surface area contributed by atoms with Crippen LogP contribution >= 0.6 is 0 Å². The van der Waals surface area contributed by atoms with Crippen molar-refractivity contribution in [2.75, 3.05) is 6.61 Å². The first-order valence-electron chi connectivity index (χ1n) is 5.42. The Bertz CT molecular complexity index is 589. The molecule has 17 heavy (non-hydrogen) atoms. The van der Waals surface area contributed by atoms with E-state index in [0.29, 0.717) is 12.3 Å². The van der Waals surface area contributed by atoms with Gasteiger partial charge in [-0.15, -0.1) is 10.2 Å². The topological polar surface area (TPSA) is 69.4 Å². The number of carbonyl (C=O) groups excluding carboxylic acids is 1. The molecule has 0 aromatic carbocycles. The molecule has 0 unspecified atom stereocenters. The molecular weight excluding hydrogens is 220 g/mol. The fourth-order valence-electron chi connectivity index (χ4n) is 1.60. The number of fused-ring (bicyclic) bond motifs is 1. The van der Waals surface area contributed by atoms with E-state index < -0.39 is 5.97 Å². The van der Waals surface area contributed by atoms with E-state index in [-0.39, 0.29) is 5.82 Å². The molecule has 2 heterocycles. The van der Waals surface area contributed by atoms with E-state index >= 15 is 0 Å². The summed E-state index contributed by atoms with van der Waals surface area (Å²) in [7, 11) is 0. The highest BCUT2D eigenvalue weighted by molar-refractivity contribution is 5.86. The first-order valence-corrected chi connectivity index (χ1v) is 5.42. The highest BCUT2D eigenvalue weighted by Crippen LogP contribution is 2.15. The van der Waals surface area contributed by atoms with Crippen molar-refractivity contribution < 1.29 is 9.53 Å². The Morgan fingerprint density at radius 2 is 1.94 bits per heavy atom. The van der Waals surface area contributed by atoms with Gasteiger partial charge in [0.25, 0.3) is 5.82 Å². The highest BCUT2D eigenvalue weighted by Gasteiger charge is 2.19. The predicted molar refractivity (Wildman–Crippen MR) is 60.9 cm³/mol. The fraction of sp³-hybridized carbons (Fsp3) is 0.455. The average Bonchev–Trinajstić information content (AvgIpc) is 2.70. The lowest BCUT2D eigenvalue weighted by Gasteiger charge is -2.05. The van der Waals surface area contributed by atoms with E-state index in [0.717, 1.165) is 16.8 Å². The molecule has 0 aliphatic heterocycles. The van der Waals surface area contributed by atoms with Gasteiger partial charge in [-0.1, -0.05) is 0 Å². The Balaban J connectivity index is 2.65. The molecule has 0 fully saturated rings. The molecule has 6 heteroatoms. The van der Waals surface area contributed by atoms with Crippen molar-refractivity contribution in [2.45, 2.75) is 27.7 Å². The van der Waals surface area contributed by atoms with Gasteiger partial charge in [-0.25, -0.2) is 4.79 Å². The third kappa shape index (κ3) is 1.75. The van der Waals surface area contributed by atoms with Crippen LogP contribution in [0, 0.1) is 20.8 Å². The molecule has 2 aromatic heterocycles. The number of carbonyl (C=O) groups is 1. The average molecular weight is 234 g/mol. The van der Waals surface area contributed by atoms with Gasteiger partial charge < -0.3 is 4.74 Å². The third-order valence-corrected chi connectivity index (χ3v) is 2.79. The van der Waals surface area contributed by atoms with Crippen LogP contribution in [-0.2, 0) is 4.74 Å². The van der Waals surface area contributed by atoms with Crippen LogP contribution in [0.1, 0.15) is 34.4 Å². The van der Waals surface area contributed by atoms with E-state index in [1.807, 2.05) is 20.8 Å². The van der Waals surface area contributed by atoms with Crippen LogP contribution in [0.4, 0.5) is 0 Å². The number of aryl methyl sites for hydroxylation is 2. The molecule has 0 aliphatic carbocycles. The van der Waals surface area contributed by atoms with Crippen LogP contribution in [0.5, 0.6) is 0 Å². The lowest BCUT2D eigenvalue weighted by atomic mass is 10.1. The van der Waals surface area contributed by atoms with Crippen molar-refractivity contribution >= 4 is 11.6 Å². The normalized spacial score (nSPS) is 10.8. The number of hydrogen-bond donors (Lipinski definition) is 0. The number of esters is 1. The minimum atomic E-state index is -0.504. The second-order valence-corrected chi connectivity index (χ2v) is 3.81. The molecule has 6 nitrogen and oxygen atoms in total. The summed E-state index contributed by atoms with van der Waals surface area (Å²) in [6, 6.07) is 0. The molecule has 0 N–H and O–H groups in total. The van der Waals surface area contributed by atoms with E-state index in [4.69, 9.17) is 4.74 Å². The number of rotatable bonds is 2. The molecule has 0 amide bonds. The molecule has 0 radical (unpaired) electrons. The summed E-state index contributed by atoms with van der Waals surface area (Å²) in [5.74, 6) is -0.386. The molecule has 2 aromatic rings. The van der Waals surface area contributed by atoms with E-state index in [1.165, 1.54) is 4.52 Å². The van der Waals surface area contributed by atoms with Gasteiger partial charge in [0.2, 0.25) is 0 Å². The van der Waals surface area contributed by atoms with Crippen LogP contribution in [0.15, 0.2) is 0 Å². The Morgan fingerprint density at radius 1 is 1.24 bits per heavy atom. The zero-order valence-corrected chi connectivity index (χ0v) is 10.3. The van der Waals surface area contributed by atoms with Gasteiger partial charge in [-0.3, -0.25) is 0 Å². The molecule has 0 bridgehead atoms. The summed E-state index contributed by atoms with van der Waals surface area (Å²) < 4.78 is 6.34. The lowest BCUT2D eigenvalue weighted by Crippen LogP contribution is -2.12. The van der Waals surface area contributed by atoms with Crippen molar-refractivity contribution in [3.8, 4) is 0 Å². The van der Waals surface area contributed by atoms with Crippen molar-refractivity contribution in [3.05, 3.63) is 22.6 Å². The van der Waals surface area contributed by atoms with E-state index in [9.17, 15) is 4.79 Å². The van der Waals surface area contributed by atoms with Crippen molar-refractivity contribution in [2.24, 2.45) is 0 Å². The molecule has 0 spiro atoms. The lowest BCUT2D eigenvalue weighted by molar-refractivity contribution is 0.0509. The maximum atomic E-state index is 11.6. The molecule has 0 saturated carbocycles. The smallest absolute Gasteiger partial charge is 0.378 e. The zero-order valence-electron chi connectivity index (χ0n) is 10.3. The van der Waals surface area contributed by atoms with Crippen LogP contribution in [0.3, 0.4) is 0 Å². The summed E-state index contributed by atoms with van der Waals surface area (Å²) >= 11 is 0. The number of ether oxygens (including phenoxy) is 1. The number of hydrogen-bond acceptors (Lipinski definition) is 5. The highest BCUT2D eigenvalue weighted by atomic mass is 16.5. The third-order valence-electron chi connectivity index (χ3n) is 2.79. The summed E-state index contributed by atoms with van der Waals surface area (Å²) in [4.78, 5) is 11.6. The van der Waals surface area contributed by atoms with Gasteiger partial charge in [0.1, 0.15) is 0 Å².